The molecule has 1 amide bonds. The molecule has 0 rings (SSSR count). The molecule has 0 unspecified atom stereocenters. The first-order chi connectivity index (χ1) is 10.8. The maximum atomic E-state index is 11.5. The Morgan fingerprint density at radius 2 is 1.14 bits per heavy atom. The van der Waals surface area contributed by atoms with Crippen LogP contribution in [-0.2, 0) is 4.74 Å². The molecule has 0 saturated heterocycles. The minimum absolute atomic E-state index is 0.239. The summed E-state index contributed by atoms with van der Waals surface area (Å²) in [7, 11) is 0. The number of carbonyl (C=O) groups excluding carboxylic acids is 1. The van der Waals surface area contributed by atoms with Gasteiger partial charge in [-0.3, -0.25) is 0 Å². The van der Waals surface area contributed by atoms with Gasteiger partial charge in [-0.05, 0) is 12.8 Å². The lowest BCUT2D eigenvalue weighted by molar-refractivity contribution is 0.143. The average molecular weight is 314 g/mol. The van der Waals surface area contributed by atoms with Gasteiger partial charge in [0.2, 0.25) is 0 Å². The average Bonchev–Trinajstić information content (AvgIpc) is 2.52. The van der Waals surface area contributed by atoms with Gasteiger partial charge in [0.15, 0.2) is 0 Å². The van der Waals surface area contributed by atoms with Crippen LogP contribution >= 0.6 is 0 Å². The van der Waals surface area contributed by atoms with Gasteiger partial charge in [0.25, 0.3) is 0 Å². The summed E-state index contributed by atoms with van der Waals surface area (Å²) in [4.78, 5) is 11.5. The van der Waals surface area contributed by atoms with Gasteiger partial charge in [-0.1, -0.05) is 90.9 Å². The molecule has 22 heavy (non-hydrogen) atoms. The van der Waals surface area contributed by atoms with Gasteiger partial charge >= 0.3 is 6.09 Å². The summed E-state index contributed by atoms with van der Waals surface area (Å²) < 4.78 is 5.17. The van der Waals surface area contributed by atoms with Crippen molar-refractivity contribution in [1.82, 2.24) is 5.32 Å². The lowest BCUT2D eigenvalue weighted by Crippen LogP contribution is -2.25. The molecule has 3 nitrogen and oxygen atoms in total. The number of hydrogen-bond donors (Lipinski definition) is 1. The molecule has 0 saturated carbocycles. The van der Waals surface area contributed by atoms with Crippen molar-refractivity contribution in [3.05, 3.63) is 0 Å². The first kappa shape index (κ1) is 21.3. The second kappa shape index (κ2) is 18.3. The molecule has 0 aliphatic rings. The highest BCUT2D eigenvalue weighted by atomic mass is 16.5. The van der Waals surface area contributed by atoms with Crippen LogP contribution in [0.4, 0.5) is 4.79 Å². The molecule has 1 N–H and O–H groups in total. The molecule has 0 aliphatic heterocycles. The standard InChI is InChI=1S/C19H39NO2/c1-3-5-7-9-11-12-13-15-17-20-19(21)22-18-16-14-10-8-6-4-2/h3-18H2,1-2H3,(H,20,21). The van der Waals surface area contributed by atoms with E-state index in [2.05, 4.69) is 19.2 Å². The number of carbonyl (C=O) groups is 1. The van der Waals surface area contributed by atoms with Gasteiger partial charge < -0.3 is 10.1 Å². The molecule has 0 heterocycles. The predicted octanol–water partition coefficient (Wildman–Crippen LogP) is 6.21. The minimum Gasteiger partial charge on any atom is -0.450 e. The van der Waals surface area contributed by atoms with E-state index in [1.54, 1.807) is 0 Å². The highest BCUT2D eigenvalue weighted by Gasteiger charge is 2.00. The normalized spacial score (nSPS) is 10.6. The second-order valence-electron chi connectivity index (χ2n) is 6.31. The van der Waals surface area contributed by atoms with Crippen LogP contribution in [0, 0.1) is 0 Å². The van der Waals surface area contributed by atoms with Crippen molar-refractivity contribution in [2.75, 3.05) is 13.2 Å². The summed E-state index contributed by atoms with van der Waals surface area (Å²) in [5, 5.41) is 2.84. The monoisotopic (exact) mass is 313 g/mol. The van der Waals surface area contributed by atoms with Crippen LogP contribution in [0.5, 0.6) is 0 Å². The number of nitrogens with one attached hydrogen (secondary N) is 1. The molecular weight excluding hydrogens is 274 g/mol. The highest BCUT2D eigenvalue weighted by Crippen LogP contribution is 2.08. The molecule has 0 aromatic heterocycles. The van der Waals surface area contributed by atoms with Crippen LogP contribution < -0.4 is 5.32 Å². The molecule has 0 fully saturated rings. The summed E-state index contributed by atoms with van der Waals surface area (Å²) >= 11 is 0. The van der Waals surface area contributed by atoms with E-state index < -0.39 is 0 Å². The molecule has 0 aromatic carbocycles. The van der Waals surface area contributed by atoms with Gasteiger partial charge in [0.05, 0.1) is 6.61 Å². The predicted molar refractivity (Wildman–Crippen MR) is 95.3 cm³/mol. The van der Waals surface area contributed by atoms with Gasteiger partial charge in [-0.15, -0.1) is 0 Å². The van der Waals surface area contributed by atoms with Gasteiger partial charge in [0.1, 0.15) is 0 Å². The highest BCUT2D eigenvalue weighted by molar-refractivity contribution is 5.66. The van der Waals surface area contributed by atoms with E-state index in [1.165, 1.54) is 77.0 Å². The van der Waals surface area contributed by atoms with Crippen molar-refractivity contribution in [2.24, 2.45) is 0 Å². The molecule has 3 heteroatoms. The zero-order valence-corrected chi connectivity index (χ0v) is 15.1. The lowest BCUT2D eigenvalue weighted by Gasteiger charge is -2.07. The third kappa shape index (κ3) is 17.3. The van der Waals surface area contributed by atoms with Crippen LogP contribution in [0.2, 0.25) is 0 Å². The second-order valence-corrected chi connectivity index (χ2v) is 6.31. The maximum absolute atomic E-state index is 11.5. The first-order valence-corrected chi connectivity index (χ1v) is 9.71. The van der Waals surface area contributed by atoms with E-state index >= 15 is 0 Å². The molecule has 0 spiro atoms. The molecule has 0 atom stereocenters. The van der Waals surface area contributed by atoms with Crippen molar-refractivity contribution < 1.29 is 9.53 Å². The van der Waals surface area contributed by atoms with Crippen LogP contribution in [0.25, 0.3) is 0 Å². The smallest absolute Gasteiger partial charge is 0.407 e. The Balaban J connectivity index is 3.13. The molecule has 0 aliphatic carbocycles. The van der Waals surface area contributed by atoms with Crippen LogP contribution in [0.3, 0.4) is 0 Å². The number of ether oxygens (including phenoxy) is 1. The largest absolute Gasteiger partial charge is 0.450 e. The van der Waals surface area contributed by atoms with Crippen LogP contribution in [0.1, 0.15) is 104 Å². The van der Waals surface area contributed by atoms with Crippen LogP contribution in [0.15, 0.2) is 0 Å². The van der Waals surface area contributed by atoms with Crippen molar-refractivity contribution in [2.45, 2.75) is 104 Å². The van der Waals surface area contributed by atoms with E-state index in [1.807, 2.05) is 0 Å². The third-order valence-electron chi connectivity index (χ3n) is 4.03. The summed E-state index contributed by atoms with van der Waals surface area (Å²) in [6, 6.07) is 0. The van der Waals surface area contributed by atoms with Crippen molar-refractivity contribution >= 4 is 6.09 Å². The number of hydrogen-bond acceptors (Lipinski definition) is 2. The quantitative estimate of drug-likeness (QED) is 0.344. The Bertz CT molecular complexity index is 231. The van der Waals surface area contributed by atoms with Gasteiger partial charge in [0, 0.05) is 6.54 Å². The van der Waals surface area contributed by atoms with E-state index in [0.717, 1.165) is 19.4 Å². The summed E-state index contributed by atoms with van der Waals surface area (Å²) in [6.07, 6.45) is 17.4. The van der Waals surface area contributed by atoms with Gasteiger partial charge in [-0.2, -0.15) is 0 Å². The van der Waals surface area contributed by atoms with E-state index in [4.69, 9.17) is 4.74 Å². The SMILES string of the molecule is CCCCCCCCCCNC(=O)OCCCCCCCC. The number of alkyl carbamates (subject to hydrolysis) is 1. The number of unbranched alkanes of at least 4 members (excludes halogenated alkanes) is 12. The van der Waals surface area contributed by atoms with Gasteiger partial charge in [-0.25, -0.2) is 4.79 Å². The minimum atomic E-state index is -0.239. The molecule has 0 bridgehead atoms. The zero-order chi connectivity index (χ0) is 16.3. The Hall–Kier alpha value is -0.730. The van der Waals surface area contributed by atoms with E-state index in [-0.39, 0.29) is 6.09 Å². The fraction of sp³-hybridized carbons (Fsp3) is 0.947. The third-order valence-corrected chi connectivity index (χ3v) is 4.03. The maximum Gasteiger partial charge on any atom is 0.407 e. The summed E-state index contributed by atoms with van der Waals surface area (Å²) in [5.74, 6) is 0. The number of amides is 1. The Morgan fingerprint density at radius 3 is 1.68 bits per heavy atom. The zero-order valence-electron chi connectivity index (χ0n) is 15.1. The Labute approximate surface area is 138 Å². The molecule has 0 radical (unpaired) electrons. The topological polar surface area (TPSA) is 38.3 Å². The summed E-state index contributed by atoms with van der Waals surface area (Å²) in [5.41, 5.74) is 0. The lowest BCUT2D eigenvalue weighted by atomic mass is 10.1. The van der Waals surface area contributed by atoms with Crippen molar-refractivity contribution in [3.63, 3.8) is 0 Å². The first-order valence-electron chi connectivity index (χ1n) is 9.71. The van der Waals surface area contributed by atoms with Crippen LogP contribution in [-0.4, -0.2) is 19.2 Å². The fourth-order valence-electron chi connectivity index (χ4n) is 2.55. The van der Waals surface area contributed by atoms with Crippen molar-refractivity contribution in [3.8, 4) is 0 Å². The summed E-state index contributed by atoms with van der Waals surface area (Å²) in [6.45, 7) is 5.79. The van der Waals surface area contributed by atoms with E-state index in [9.17, 15) is 4.79 Å². The molecular formula is C19H39NO2. The van der Waals surface area contributed by atoms with E-state index in [0.29, 0.717) is 6.61 Å². The molecule has 0 aromatic rings. The fourth-order valence-corrected chi connectivity index (χ4v) is 2.55. The van der Waals surface area contributed by atoms with Crippen molar-refractivity contribution in [1.29, 1.82) is 0 Å². The Morgan fingerprint density at radius 1 is 0.682 bits per heavy atom. The number of rotatable bonds is 16. The Kier molecular flexibility index (Phi) is 17.7. The molecule has 132 valence electrons.